The standard InChI is InChI=1S/C51H33NO/c1-51(2)43-27-28-45-48(47(43)41-26-25-39-38-15-8-10-18-46(38)53-50(39)49(41)51)40-16-7-9-17-44(40)52(45)32-22-19-30(20-23-32)31-21-24-37-35-13-4-3-11-33(35)34-12-5-6-14-36(34)42(37)29-31/h3-29H,1-2H3. The van der Waals surface area contributed by atoms with Gasteiger partial charge in [0.15, 0.2) is 0 Å². The number of rotatable bonds is 2. The Labute approximate surface area is 306 Å². The van der Waals surface area contributed by atoms with Crippen molar-refractivity contribution in [3.63, 3.8) is 0 Å². The van der Waals surface area contributed by atoms with Crippen LogP contribution in [0.4, 0.5) is 0 Å². The summed E-state index contributed by atoms with van der Waals surface area (Å²) in [7, 11) is 0. The van der Waals surface area contributed by atoms with Crippen LogP contribution in [-0.4, -0.2) is 4.57 Å². The first-order valence-electron chi connectivity index (χ1n) is 18.5. The Kier molecular flexibility index (Phi) is 5.60. The van der Waals surface area contributed by atoms with Crippen molar-refractivity contribution < 1.29 is 4.42 Å². The Bertz CT molecular complexity index is 3320. The van der Waals surface area contributed by atoms with Crippen LogP contribution in [0.25, 0.3) is 104 Å². The minimum Gasteiger partial charge on any atom is -0.456 e. The molecule has 0 aliphatic heterocycles. The van der Waals surface area contributed by atoms with Crippen molar-refractivity contribution in [1.82, 2.24) is 4.57 Å². The third kappa shape index (κ3) is 3.77. The van der Waals surface area contributed by atoms with Gasteiger partial charge in [0.2, 0.25) is 0 Å². The minimum absolute atomic E-state index is 0.214. The Morgan fingerprint density at radius 3 is 1.77 bits per heavy atom. The molecule has 2 heteroatoms. The Balaban J connectivity index is 1.04. The van der Waals surface area contributed by atoms with Gasteiger partial charge in [0.25, 0.3) is 0 Å². The van der Waals surface area contributed by atoms with E-state index >= 15 is 0 Å². The van der Waals surface area contributed by atoms with E-state index < -0.39 is 0 Å². The third-order valence-electron chi connectivity index (χ3n) is 12.2. The molecule has 248 valence electrons. The molecule has 0 saturated heterocycles. The fraction of sp³-hybridized carbons (Fsp3) is 0.0588. The second kappa shape index (κ2) is 10.2. The van der Waals surface area contributed by atoms with Gasteiger partial charge in [0, 0.05) is 38.2 Å². The van der Waals surface area contributed by atoms with E-state index in [1.807, 2.05) is 0 Å². The molecule has 0 saturated carbocycles. The molecule has 0 unspecified atom stereocenters. The number of fused-ring (bicyclic) bond motifs is 17. The number of hydrogen-bond acceptors (Lipinski definition) is 1. The first-order valence-corrected chi connectivity index (χ1v) is 18.5. The molecule has 0 radical (unpaired) electrons. The number of furan rings is 1. The van der Waals surface area contributed by atoms with Crippen molar-refractivity contribution in [1.29, 1.82) is 0 Å². The molecule has 0 spiro atoms. The van der Waals surface area contributed by atoms with E-state index in [4.69, 9.17) is 4.42 Å². The van der Waals surface area contributed by atoms with Gasteiger partial charge in [-0.1, -0.05) is 135 Å². The molecule has 12 rings (SSSR count). The van der Waals surface area contributed by atoms with Crippen molar-refractivity contribution >= 4 is 76.1 Å². The molecule has 0 atom stereocenters. The van der Waals surface area contributed by atoms with Crippen LogP contribution in [-0.2, 0) is 5.41 Å². The second-order valence-electron chi connectivity index (χ2n) is 15.2. The summed E-state index contributed by atoms with van der Waals surface area (Å²) < 4.78 is 9.09. The highest BCUT2D eigenvalue weighted by Crippen LogP contribution is 2.56. The summed E-state index contributed by atoms with van der Waals surface area (Å²) in [5.41, 5.74) is 13.0. The molecule has 0 fully saturated rings. The Morgan fingerprint density at radius 2 is 1.04 bits per heavy atom. The first kappa shape index (κ1) is 29.0. The number of para-hydroxylation sites is 2. The average molecular weight is 676 g/mol. The van der Waals surface area contributed by atoms with Crippen molar-refractivity contribution in [3.05, 3.63) is 175 Å². The fourth-order valence-corrected chi connectivity index (χ4v) is 9.78. The van der Waals surface area contributed by atoms with Gasteiger partial charge in [0.05, 0.1) is 11.0 Å². The van der Waals surface area contributed by atoms with Gasteiger partial charge in [-0.15, -0.1) is 0 Å². The molecule has 11 aromatic rings. The lowest BCUT2D eigenvalue weighted by atomic mass is 9.81. The van der Waals surface area contributed by atoms with Crippen molar-refractivity contribution in [2.45, 2.75) is 19.3 Å². The number of hydrogen-bond donors (Lipinski definition) is 0. The predicted octanol–water partition coefficient (Wildman–Crippen LogP) is 14.1. The molecule has 1 aliphatic rings. The zero-order chi connectivity index (χ0) is 35.0. The summed E-state index contributed by atoms with van der Waals surface area (Å²) in [5.74, 6) is 0. The van der Waals surface area contributed by atoms with Crippen LogP contribution >= 0.6 is 0 Å². The highest BCUT2D eigenvalue weighted by Gasteiger charge is 2.40. The summed E-state index contributed by atoms with van der Waals surface area (Å²) >= 11 is 0. The predicted molar refractivity (Wildman–Crippen MR) is 224 cm³/mol. The SMILES string of the molecule is CC1(C)c2ccc3c(c2-c2ccc4c(oc5ccccc54)c21)c1ccccc1n3-c1ccc(-c2ccc3c4ccccc4c4ccccc4c3c2)cc1. The van der Waals surface area contributed by atoms with Gasteiger partial charge in [-0.05, 0) is 103 Å². The van der Waals surface area contributed by atoms with Crippen LogP contribution in [0.3, 0.4) is 0 Å². The van der Waals surface area contributed by atoms with Gasteiger partial charge in [-0.2, -0.15) is 0 Å². The molecule has 9 aromatic carbocycles. The molecule has 2 nitrogen and oxygen atoms in total. The van der Waals surface area contributed by atoms with E-state index in [9.17, 15) is 0 Å². The number of nitrogens with zero attached hydrogens (tertiary/aromatic N) is 1. The van der Waals surface area contributed by atoms with Crippen LogP contribution < -0.4 is 0 Å². The van der Waals surface area contributed by atoms with E-state index in [0.29, 0.717) is 0 Å². The summed E-state index contributed by atoms with van der Waals surface area (Å²) in [5, 5.41) is 12.7. The molecule has 2 aromatic heterocycles. The van der Waals surface area contributed by atoms with Gasteiger partial charge >= 0.3 is 0 Å². The maximum absolute atomic E-state index is 6.64. The van der Waals surface area contributed by atoms with Crippen molar-refractivity contribution in [3.8, 4) is 27.9 Å². The monoisotopic (exact) mass is 675 g/mol. The lowest BCUT2D eigenvalue weighted by Crippen LogP contribution is -2.15. The topological polar surface area (TPSA) is 18.1 Å². The molecule has 0 bridgehead atoms. The van der Waals surface area contributed by atoms with E-state index in [2.05, 4.69) is 182 Å². The van der Waals surface area contributed by atoms with E-state index in [1.54, 1.807) is 0 Å². The van der Waals surface area contributed by atoms with E-state index in [-0.39, 0.29) is 5.41 Å². The lowest BCUT2D eigenvalue weighted by Gasteiger charge is -2.21. The molecule has 1 aliphatic carbocycles. The second-order valence-corrected chi connectivity index (χ2v) is 15.2. The smallest absolute Gasteiger partial charge is 0.140 e. The largest absolute Gasteiger partial charge is 0.456 e. The van der Waals surface area contributed by atoms with Crippen molar-refractivity contribution in [2.75, 3.05) is 0 Å². The maximum Gasteiger partial charge on any atom is 0.140 e. The molecule has 0 N–H and O–H groups in total. The molecule has 2 heterocycles. The van der Waals surface area contributed by atoms with E-state index in [1.165, 1.54) is 98.3 Å². The summed E-state index contributed by atoms with van der Waals surface area (Å²) in [6.45, 7) is 4.71. The highest BCUT2D eigenvalue weighted by molar-refractivity contribution is 6.26. The zero-order valence-electron chi connectivity index (χ0n) is 29.4. The first-order chi connectivity index (χ1) is 26.1. The van der Waals surface area contributed by atoms with Crippen LogP contribution in [0.5, 0.6) is 0 Å². The maximum atomic E-state index is 6.64. The van der Waals surface area contributed by atoms with Gasteiger partial charge in [-0.25, -0.2) is 0 Å². The van der Waals surface area contributed by atoms with E-state index in [0.717, 1.165) is 16.9 Å². The third-order valence-corrected chi connectivity index (χ3v) is 12.2. The molecule has 53 heavy (non-hydrogen) atoms. The van der Waals surface area contributed by atoms with Crippen LogP contribution in [0.1, 0.15) is 25.0 Å². The molecular weight excluding hydrogens is 643 g/mol. The van der Waals surface area contributed by atoms with Gasteiger partial charge in [0.1, 0.15) is 11.2 Å². The summed E-state index contributed by atoms with van der Waals surface area (Å²) in [6.07, 6.45) is 0. The van der Waals surface area contributed by atoms with Gasteiger partial charge in [-0.3, -0.25) is 0 Å². The number of benzene rings is 9. The fourth-order valence-electron chi connectivity index (χ4n) is 9.78. The summed E-state index contributed by atoms with van der Waals surface area (Å²) in [6, 6.07) is 60.3. The minimum atomic E-state index is -0.214. The number of aromatic nitrogens is 1. The normalized spacial score (nSPS) is 13.6. The summed E-state index contributed by atoms with van der Waals surface area (Å²) in [4.78, 5) is 0. The average Bonchev–Trinajstić information content (AvgIpc) is 3.83. The Hall–Kier alpha value is -6.64. The lowest BCUT2D eigenvalue weighted by molar-refractivity contribution is 0.620. The molecular formula is C51H33NO. The van der Waals surface area contributed by atoms with Crippen LogP contribution in [0, 0.1) is 0 Å². The van der Waals surface area contributed by atoms with Gasteiger partial charge < -0.3 is 8.98 Å². The zero-order valence-corrected chi connectivity index (χ0v) is 29.4. The van der Waals surface area contributed by atoms with Crippen LogP contribution in [0.15, 0.2) is 168 Å². The quantitative estimate of drug-likeness (QED) is 0.167. The Morgan fingerprint density at radius 1 is 0.453 bits per heavy atom. The highest BCUT2D eigenvalue weighted by atomic mass is 16.3. The molecule has 0 amide bonds. The van der Waals surface area contributed by atoms with Crippen molar-refractivity contribution in [2.24, 2.45) is 0 Å². The van der Waals surface area contributed by atoms with Crippen LogP contribution in [0.2, 0.25) is 0 Å².